The van der Waals surface area contributed by atoms with Crippen LogP contribution in [-0.4, -0.2) is 82.9 Å². The zero-order chi connectivity index (χ0) is 29.2. The second-order valence-corrected chi connectivity index (χ2v) is 8.25. The Morgan fingerprint density at radius 2 is 1.59 bits per heavy atom. The van der Waals surface area contributed by atoms with Crippen LogP contribution in [0, 0.1) is 0 Å². The van der Waals surface area contributed by atoms with Gasteiger partial charge >= 0.3 is 24.3 Å². The Hall–Kier alpha value is -3.59. The first-order valence-corrected chi connectivity index (χ1v) is 11.4. The number of pyridine rings is 1. The molecule has 1 saturated heterocycles. The first kappa shape index (κ1) is 31.6. The molecule has 0 amide bonds. The number of alkyl halides is 6. The maximum atomic E-state index is 10.6. The van der Waals surface area contributed by atoms with Gasteiger partial charge in [0.1, 0.15) is 23.7 Å². The summed E-state index contributed by atoms with van der Waals surface area (Å²) in [5, 5.41) is 14.2. The van der Waals surface area contributed by atoms with Crippen LogP contribution in [0.25, 0.3) is 0 Å². The molecule has 2 N–H and O–H groups in total. The number of benzene rings is 1. The van der Waals surface area contributed by atoms with Gasteiger partial charge in [0.25, 0.3) is 0 Å². The van der Waals surface area contributed by atoms with Crippen LogP contribution in [0.15, 0.2) is 48.8 Å². The average molecular weight is 568 g/mol. The summed E-state index contributed by atoms with van der Waals surface area (Å²) in [7, 11) is 1.70. The lowest BCUT2D eigenvalue weighted by Gasteiger charge is -2.39. The molecule has 15 heteroatoms. The van der Waals surface area contributed by atoms with Crippen molar-refractivity contribution in [2.24, 2.45) is 0 Å². The lowest BCUT2D eigenvalue weighted by Crippen LogP contribution is -2.51. The molecular formula is C24H26F6N2O7. The van der Waals surface area contributed by atoms with E-state index < -0.39 is 24.3 Å². The number of halogens is 6. The normalized spacial score (nSPS) is 20.8. The van der Waals surface area contributed by atoms with Gasteiger partial charge in [-0.2, -0.15) is 26.3 Å². The average Bonchev–Trinajstić information content (AvgIpc) is 3.28. The third-order valence-corrected chi connectivity index (χ3v) is 5.60. The SMILES string of the molecule is COc1ccc(CN2CCO[C@H]3[C@@H](Oc4cccnc4)CC[C@@H]32)cc1.O=C(O)C(F)(F)F.O=C(O)C(F)(F)F. The van der Waals surface area contributed by atoms with Gasteiger partial charge in [-0.15, -0.1) is 0 Å². The molecule has 1 aromatic carbocycles. The van der Waals surface area contributed by atoms with Crippen molar-refractivity contribution in [1.29, 1.82) is 0 Å². The summed E-state index contributed by atoms with van der Waals surface area (Å²) in [4.78, 5) is 24.5. The Kier molecular flexibility index (Phi) is 11.3. The topological polar surface area (TPSA) is 118 Å². The Bertz CT molecular complexity index is 1030. The van der Waals surface area contributed by atoms with Crippen molar-refractivity contribution < 1.29 is 60.4 Å². The predicted octanol–water partition coefficient (Wildman–Crippen LogP) is 4.17. The number of nitrogens with zero attached hydrogens (tertiary/aromatic N) is 2. The van der Waals surface area contributed by atoms with E-state index in [0.29, 0.717) is 6.04 Å². The van der Waals surface area contributed by atoms with E-state index in [2.05, 4.69) is 22.0 Å². The Labute approximate surface area is 218 Å². The minimum absolute atomic E-state index is 0.105. The van der Waals surface area contributed by atoms with E-state index in [1.165, 1.54) is 5.56 Å². The summed E-state index contributed by atoms with van der Waals surface area (Å²) >= 11 is 0. The molecule has 2 heterocycles. The quantitative estimate of drug-likeness (QED) is 0.513. The number of methoxy groups -OCH3 is 1. The molecule has 1 aliphatic heterocycles. The highest BCUT2D eigenvalue weighted by Gasteiger charge is 2.44. The molecule has 3 atom stereocenters. The molecule has 0 unspecified atom stereocenters. The lowest BCUT2D eigenvalue weighted by atomic mass is 10.1. The molecule has 216 valence electrons. The Morgan fingerprint density at radius 1 is 1.00 bits per heavy atom. The summed E-state index contributed by atoms with van der Waals surface area (Å²) in [6, 6.07) is 12.6. The van der Waals surface area contributed by atoms with Crippen molar-refractivity contribution >= 4 is 11.9 Å². The number of carbonyl (C=O) groups is 2. The molecule has 1 aliphatic carbocycles. The summed E-state index contributed by atoms with van der Waals surface area (Å²) < 4.78 is 80.9. The zero-order valence-corrected chi connectivity index (χ0v) is 20.5. The number of hydrogen-bond acceptors (Lipinski definition) is 7. The molecule has 2 aliphatic rings. The first-order chi connectivity index (χ1) is 18.2. The van der Waals surface area contributed by atoms with Crippen molar-refractivity contribution in [3.63, 3.8) is 0 Å². The summed E-state index contributed by atoms with van der Waals surface area (Å²) in [5.41, 5.74) is 1.30. The highest BCUT2D eigenvalue weighted by atomic mass is 19.4. The van der Waals surface area contributed by atoms with Crippen LogP contribution in [0.4, 0.5) is 26.3 Å². The molecule has 1 aromatic heterocycles. The number of hydrogen-bond donors (Lipinski definition) is 2. The molecule has 9 nitrogen and oxygen atoms in total. The molecule has 0 spiro atoms. The van der Waals surface area contributed by atoms with E-state index in [-0.39, 0.29) is 12.2 Å². The highest BCUT2D eigenvalue weighted by Crippen LogP contribution is 2.33. The van der Waals surface area contributed by atoms with Crippen molar-refractivity contribution in [3.05, 3.63) is 54.4 Å². The maximum Gasteiger partial charge on any atom is 0.490 e. The van der Waals surface area contributed by atoms with Crippen LogP contribution in [0.1, 0.15) is 18.4 Å². The van der Waals surface area contributed by atoms with Crippen molar-refractivity contribution in [2.75, 3.05) is 20.3 Å². The van der Waals surface area contributed by atoms with Gasteiger partial charge in [-0.1, -0.05) is 12.1 Å². The third kappa shape index (κ3) is 10.2. The minimum Gasteiger partial charge on any atom is -0.497 e. The van der Waals surface area contributed by atoms with Gasteiger partial charge in [-0.25, -0.2) is 9.59 Å². The number of aliphatic carboxylic acids is 2. The van der Waals surface area contributed by atoms with E-state index in [1.807, 2.05) is 24.3 Å². The number of carboxylic acid groups (broad SMARTS) is 2. The molecule has 0 bridgehead atoms. The number of aromatic nitrogens is 1. The maximum absolute atomic E-state index is 10.6. The smallest absolute Gasteiger partial charge is 0.490 e. The Balaban J connectivity index is 0.000000317. The minimum atomic E-state index is -5.08. The lowest BCUT2D eigenvalue weighted by molar-refractivity contribution is -0.193. The largest absolute Gasteiger partial charge is 0.497 e. The number of rotatable bonds is 5. The summed E-state index contributed by atoms with van der Waals surface area (Å²) in [5.74, 6) is -3.79. The van der Waals surface area contributed by atoms with E-state index in [4.69, 9.17) is 34.0 Å². The van der Waals surface area contributed by atoms with Crippen molar-refractivity contribution in [3.8, 4) is 11.5 Å². The summed E-state index contributed by atoms with van der Waals surface area (Å²) in [6.07, 6.45) is -4.28. The number of morpholine rings is 1. The predicted molar refractivity (Wildman–Crippen MR) is 122 cm³/mol. The van der Waals surface area contributed by atoms with Crippen molar-refractivity contribution in [1.82, 2.24) is 9.88 Å². The van der Waals surface area contributed by atoms with Gasteiger partial charge in [0.15, 0.2) is 0 Å². The fraction of sp³-hybridized carbons (Fsp3) is 0.458. The van der Waals surface area contributed by atoms with Crippen LogP contribution in [0.5, 0.6) is 11.5 Å². The van der Waals surface area contributed by atoms with Crippen LogP contribution in [0.2, 0.25) is 0 Å². The van der Waals surface area contributed by atoms with Crippen molar-refractivity contribution in [2.45, 2.75) is 50.0 Å². The van der Waals surface area contributed by atoms with Gasteiger partial charge in [-0.3, -0.25) is 9.88 Å². The molecule has 2 aromatic rings. The summed E-state index contributed by atoms with van der Waals surface area (Å²) in [6.45, 7) is 2.66. The molecular weight excluding hydrogens is 542 g/mol. The number of carboxylic acids is 2. The second kappa shape index (κ2) is 14.0. The van der Waals surface area contributed by atoms with Gasteiger partial charge in [0.05, 0.1) is 19.9 Å². The van der Waals surface area contributed by atoms with E-state index in [0.717, 1.165) is 44.0 Å². The highest BCUT2D eigenvalue weighted by molar-refractivity contribution is 5.73. The third-order valence-electron chi connectivity index (χ3n) is 5.60. The first-order valence-electron chi connectivity index (χ1n) is 11.4. The van der Waals surface area contributed by atoms with Gasteiger partial charge in [0.2, 0.25) is 0 Å². The fourth-order valence-electron chi connectivity index (χ4n) is 3.87. The van der Waals surface area contributed by atoms with E-state index in [1.54, 1.807) is 19.5 Å². The van der Waals surface area contributed by atoms with Gasteiger partial charge in [-0.05, 0) is 42.7 Å². The fourth-order valence-corrected chi connectivity index (χ4v) is 3.87. The van der Waals surface area contributed by atoms with Crippen LogP contribution >= 0.6 is 0 Å². The van der Waals surface area contributed by atoms with Crippen LogP contribution in [0.3, 0.4) is 0 Å². The standard InChI is InChI=1S/C20H24N2O3.2C2HF3O2/c1-23-16-6-4-15(5-7-16)14-22-11-12-24-20-18(22)8-9-19(20)25-17-3-2-10-21-13-17;2*3-2(4,5)1(6)7/h2-7,10,13,18-20H,8-9,11-12,14H2,1H3;2*(H,6,7)/t18-,19-,20+;;/m0../s1. The Morgan fingerprint density at radius 3 is 2.08 bits per heavy atom. The van der Waals surface area contributed by atoms with E-state index in [9.17, 15) is 26.3 Å². The van der Waals surface area contributed by atoms with E-state index >= 15 is 0 Å². The molecule has 1 saturated carbocycles. The second-order valence-electron chi connectivity index (χ2n) is 8.25. The molecule has 4 rings (SSSR count). The zero-order valence-electron chi connectivity index (χ0n) is 20.5. The molecule has 2 fully saturated rings. The number of ether oxygens (including phenoxy) is 3. The van der Waals surface area contributed by atoms with Gasteiger partial charge < -0.3 is 24.4 Å². The molecule has 0 radical (unpaired) electrons. The number of fused-ring (bicyclic) bond motifs is 1. The molecule has 39 heavy (non-hydrogen) atoms. The van der Waals surface area contributed by atoms with Crippen LogP contribution in [-0.2, 0) is 20.9 Å². The monoisotopic (exact) mass is 568 g/mol. The van der Waals surface area contributed by atoms with Crippen LogP contribution < -0.4 is 9.47 Å². The van der Waals surface area contributed by atoms with Gasteiger partial charge in [0, 0.05) is 25.3 Å².